The second-order valence-electron chi connectivity index (χ2n) is 5.98. The molecule has 2 heterocycles. The average Bonchev–Trinajstić information content (AvgIpc) is 3.16. The van der Waals surface area contributed by atoms with E-state index in [0.29, 0.717) is 11.1 Å². The molecule has 8 nitrogen and oxygen atoms in total. The van der Waals surface area contributed by atoms with Gasteiger partial charge in [0.25, 0.3) is 11.8 Å². The van der Waals surface area contributed by atoms with Gasteiger partial charge in [-0.1, -0.05) is 12.1 Å². The summed E-state index contributed by atoms with van der Waals surface area (Å²) in [5.41, 5.74) is 6.82. The quantitative estimate of drug-likeness (QED) is 0.531. The van der Waals surface area contributed by atoms with Crippen molar-refractivity contribution in [2.45, 2.75) is 6.54 Å². The van der Waals surface area contributed by atoms with Gasteiger partial charge in [-0.3, -0.25) is 19.6 Å². The molecule has 4 rings (SSSR count). The van der Waals surface area contributed by atoms with Crippen LogP contribution < -0.4 is 5.73 Å². The van der Waals surface area contributed by atoms with Gasteiger partial charge in [0.05, 0.1) is 29.1 Å². The number of fused-ring (bicyclic) bond motifs is 1. The van der Waals surface area contributed by atoms with Gasteiger partial charge in [0.2, 0.25) is 0 Å². The molecule has 0 fully saturated rings. The van der Waals surface area contributed by atoms with Gasteiger partial charge in [-0.25, -0.2) is 8.78 Å². The van der Waals surface area contributed by atoms with E-state index in [9.17, 15) is 18.4 Å². The van der Waals surface area contributed by atoms with Crippen LogP contribution in [0.5, 0.6) is 0 Å². The Morgan fingerprint density at radius 1 is 1.00 bits per heavy atom. The molecule has 2 aromatic carbocycles. The lowest BCUT2D eigenvalue weighted by molar-refractivity contribution is 0.0640. The number of H-pyrrole nitrogens is 1. The molecule has 3 N–H and O–H groups in total. The Hall–Kier alpha value is -3.95. The molecule has 1 aromatic heterocycles. The van der Waals surface area contributed by atoms with Crippen LogP contribution in [-0.4, -0.2) is 26.9 Å². The minimum atomic E-state index is -1.07. The average molecular weight is 382 g/mol. The third kappa shape index (κ3) is 2.90. The van der Waals surface area contributed by atoms with E-state index in [4.69, 9.17) is 5.73 Å². The number of azo groups is 1. The highest BCUT2D eigenvalue weighted by Crippen LogP contribution is 2.31. The molecule has 0 saturated carbocycles. The largest absolute Gasteiger partial charge is 0.380 e. The van der Waals surface area contributed by atoms with Crippen LogP contribution in [0.1, 0.15) is 26.4 Å². The van der Waals surface area contributed by atoms with Gasteiger partial charge in [0.15, 0.2) is 23.1 Å². The summed E-state index contributed by atoms with van der Waals surface area (Å²) in [7, 11) is 0. The van der Waals surface area contributed by atoms with Crippen LogP contribution in [0.4, 0.5) is 26.0 Å². The minimum Gasteiger partial charge on any atom is -0.380 e. The van der Waals surface area contributed by atoms with Gasteiger partial charge in [-0.15, -0.1) is 5.11 Å². The summed E-state index contributed by atoms with van der Waals surface area (Å²) in [6, 6.07) is 9.51. The maximum absolute atomic E-state index is 13.3. The predicted octanol–water partition coefficient (Wildman–Crippen LogP) is 3.48. The minimum absolute atomic E-state index is 0.0158. The van der Waals surface area contributed by atoms with E-state index in [2.05, 4.69) is 20.4 Å². The van der Waals surface area contributed by atoms with Gasteiger partial charge < -0.3 is 5.73 Å². The van der Waals surface area contributed by atoms with Gasteiger partial charge in [0, 0.05) is 6.07 Å². The third-order valence-electron chi connectivity index (χ3n) is 4.20. The molecule has 0 aliphatic carbocycles. The van der Waals surface area contributed by atoms with Crippen LogP contribution >= 0.6 is 0 Å². The number of hydrogen-bond acceptors (Lipinski definition) is 6. The van der Waals surface area contributed by atoms with E-state index in [1.54, 1.807) is 24.3 Å². The lowest BCUT2D eigenvalue weighted by atomic mass is 10.1. The number of anilines is 1. The molecular weight excluding hydrogens is 370 g/mol. The van der Waals surface area contributed by atoms with E-state index in [-0.39, 0.29) is 29.4 Å². The Bertz CT molecular complexity index is 1110. The van der Waals surface area contributed by atoms with Crippen molar-refractivity contribution in [2.75, 3.05) is 5.73 Å². The summed E-state index contributed by atoms with van der Waals surface area (Å²) in [5, 5.41) is 14.2. The molecule has 0 unspecified atom stereocenters. The lowest BCUT2D eigenvalue weighted by Crippen LogP contribution is -2.29. The van der Waals surface area contributed by atoms with E-state index in [1.807, 2.05) is 0 Å². The normalized spacial score (nSPS) is 13.6. The van der Waals surface area contributed by atoms with Crippen molar-refractivity contribution in [3.05, 3.63) is 70.9 Å². The number of imide groups is 1. The Labute approximate surface area is 156 Å². The zero-order valence-corrected chi connectivity index (χ0v) is 14.2. The van der Waals surface area contributed by atoms with E-state index in [0.717, 1.165) is 17.0 Å². The number of carbonyl (C=O) groups is 2. The number of aromatic nitrogens is 2. The standard InChI is InChI=1S/C18H12F2N6O2/c19-12-6-5-9(7-13(12)20)22-24-15-14(23-25-16(15)21)8-26-17(27)10-3-1-2-4-11(10)18(26)28/h1-7H,8H2,(H3,21,23,25). The Kier molecular flexibility index (Phi) is 4.15. The van der Waals surface area contributed by atoms with Gasteiger partial charge in [-0.2, -0.15) is 10.2 Å². The SMILES string of the molecule is Nc1n[nH]c(CN2C(=O)c3ccccc3C2=O)c1N=Nc1ccc(F)c(F)c1. The van der Waals surface area contributed by atoms with Crippen molar-refractivity contribution in [1.29, 1.82) is 0 Å². The first-order valence-electron chi connectivity index (χ1n) is 8.10. The van der Waals surface area contributed by atoms with Crippen LogP contribution in [0.3, 0.4) is 0 Å². The Morgan fingerprint density at radius 2 is 1.68 bits per heavy atom. The highest BCUT2D eigenvalue weighted by molar-refractivity contribution is 6.21. The number of rotatable bonds is 4. The zero-order chi connectivity index (χ0) is 19.8. The molecule has 0 spiro atoms. The second kappa shape index (κ2) is 6.65. The van der Waals surface area contributed by atoms with Crippen molar-refractivity contribution in [2.24, 2.45) is 10.2 Å². The van der Waals surface area contributed by atoms with Crippen molar-refractivity contribution in [3.8, 4) is 0 Å². The summed E-state index contributed by atoms with van der Waals surface area (Å²) in [6.45, 7) is -0.150. The van der Waals surface area contributed by atoms with Crippen molar-refractivity contribution < 1.29 is 18.4 Å². The number of hydrogen-bond donors (Lipinski definition) is 2. The predicted molar refractivity (Wildman–Crippen MR) is 94.2 cm³/mol. The van der Waals surface area contributed by atoms with E-state index < -0.39 is 23.4 Å². The third-order valence-corrected chi connectivity index (χ3v) is 4.20. The number of halogens is 2. The van der Waals surface area contributed by atoms with Crippen molar-refractivity contribution >= 4 is 29.0 Å². The number of nitrogens with two attached hydrogens (primary N) is 1. The summed E-state index contributed by atoms with van der Waals surface area (Å²) >= 11 is 0. The number of nitrogens with one attached hydrogen (secondary N) is 1. The lowest BCUT2D eigenvalue weighted by Gasteiger charge is -2.12. The maximum atomic E-state index is 13.3. The number of aromatic amines is 1. The number of amides is 2. The van der Waals surface area contributed by atoms with Crippen molar-refractivity contribution in [1.82, 2.24) is 15.1 Å². The summed E-state index contributed by atoms with van der Waals surface area (Å²) < 4.78 is 26.3. The highest BCUT2D eigenvalue weighted by Gasteiger charge is 2.36. The number of nitrogen functional groups attached to an aromatic ring is 1. The smallest absolute Gasteiger partial charge is 0.261 e. The molecule has 28 heavy (non-hydrogen) atoms. The highest BCUT2D eigenvalue weighted by atomic mass is 19.2. The van der Waals surface area contributed by atoms with E-state index in [1.165, 1.54) is 6.07 Å². The Morgan fingerprint density at radius 3 is 2.32 bits per heavy atom. The molecule has 0 radical (unpaired) electrons. The topological polar surface area (TPSA) is 117 Å². The van der Waals surface area contributed by atoms with Crippen LogP contribution in [0.2, 0.25) is 0 Å². The van der Waals surface area contributed by atoms with Gasteiger partial charge in [-0.05, 0) is 24.3 Å². The van der Waals surface area contributed by atoms with Crippen LogP contribution in [0.25, 0.3) is 0 Å². The molecule has 1 aliphatic rings. The van der Waals surface area contributed by atoms with Crippen LogP contribution in [0, 0.1) is 11.6 Å². The maximum Gasteiger partial charge on any atom is 0.261 e. The second-order valence-corrected chi connectivity index (χ2v) is 5.98. The molecule has 1 aliphatic heterocycles. The molecule has 140 valence electrons. The Balaban J connectivity index is 1.61. The number of nitrogens with zero attached hydrogens (tertiary/aromatic N) is 4. The fraction of sp³-hybridized carbons (Fsp3) is 0.0556. The van der Waals surface area contributed by atoms with Crippen molar-refractivity contribution in [3.63, 3.8) is 0 Å². The summed E-state index contributed by atoms with van der Waals surface area (Å²) in [6.07, 6.45) is 0. The van der Waals surface area contributed by atoms with Gasteiger partial charge in [0.1, 0.15) is 0 Å². The zero-order valence-electron chi connectivity index (χ0n) is 14.2. The summed E-state index contributed by atoms with van der Waals surface area (Å²) in [5.74, 6) is -2.98. The molecule has 0 atom stereocenters. The molecule has 3 aromatic rings. The van der Waals surface area contributed by atoms with E-state index >= 15 is 0 Å². The monoisotopic (exact) mass is 382 g/mol. The number of carbonyl (C=O) groups excluding carboxylic acids is 2. The first kappa shape index (κ1) is 17.5. The van der Waals surface area contributed by atoms with Crippen LogP contribution in [0.15, 0.2) is 52.7 Å². The van der Waals surface area contributed by atoms with Crippen LogP contribution in [-0.2, 0) is 6.54 Å². The molecule has 0 saturated heterocycles. The molecular formula is C18H12F2N6O2. The summed E-state index contributed by atoms with van der Waals surface area (Å²) in [4.78, 5) is 26.0. The first-order chi connectivity index (χ1) is 13.5. The first-order valence-corrected chi connectivity index (χ1v) is 8.10. The van der Waals surface area contributed by atoms with Gasteiger partial charge >= 0.3 is 0 Å². The molecule has 0 bridgehead atoms. The molecule has 10 heteroatoms. The fourth-order valence-corrected chi connectivity index (χ4v) is 2.81. The number of benzene rings is 2. The molecule has 2 amide bonds. The fourth-order valence-electron chi connectivity index (χ4n) is 2.81.